The molecule has 0 aromatic rings. The van der Waals surface area contributed by atoms with Crippen LogP contribution in [0.5, 0.6) is 0 Å². The Balaban J connectivity index is 2.10. The number of hydrogen-bond donors (Lipinski definition) is 1. The lowest BCUT2D eigenvalue weighted by molar-refractivity contribution is -0.189. The van der Waals surface area contributed by atoms with Crippen LogP contribution >= 0.6 is 11.6 Å². The van der Waals surface area contributed by atoms with E-state index >= 15 is 0 Å². The normalized spacial score (nSPS) is 31.8. The Kier molecular flexibility index (Phi) is 5.33. The minimum atomic E-state index is -4.49. The summed E-state index contributed by atoms with van der Waals surface area (Å²) in [6.07, 6.45) is -4.23. The van der Waals surface area contributed by atoms with Crippen molar-refractivity contribution >= 4 is 29.1 Å². The zero-order valence-electron chi connectivity index (χ0n) is 13.6. The van der Waals surface area contributed by atoms with E-state index in [1.54, 1.807) is 13.8 Å². The maximum atomic E-state index is 13.2. The van der Waals surface area contributed by atoms with E-state index in [1.807, 2.05) is 0 Å². The molecule has 2 aliphatic rings. The monoisotopic (exact) mass is 367 g/mol. The van der Waals surface area contributed by atoms with Crippen molar-refractivity contribution in [2.45, 2.75) is 63.5 Å². The number of carbonyl (C=O) groups is 3. The van der Waals surface area contributed by atoms with Gasteiger partial charge in [-0.15, -0.1) is 11.6 Å². The van der Waals surface area contributed by atoms with Crippen molar-refractivity contribution in [2.24, 2.45) is 17.3 Å². The highest BCUT2D eigenvalue weighted by molar-refractivity contribution is 6.21. The van der Waals surface area contributed by atoms with Gasteiger partial charge in [0.25, 0.3) is 0 Å². The Morgan fingerprint density at radius 1 is 1.17 bits per heavy atom. The number of hydrogen-bond acceptors (Lipinski definition) is 3. The van der Waals surface area contributed by atoms with E-state index in [0.29, 0.717) is 6.42 Å². The highest BCUT2D eigenvalue weighted by Gasteiger charge is 2.50. The molecule has 2 aliphatic carbocycles. The third-order valence-electron chi connectivity index (χ3n) is 4.75. The molecule has 4 nitrogen and oxygen atoms in total. The molecule has 2 fully saturated rings. The number of ketones is 2. The number of nitrogens with one attached hydrogen (secondary N) is 1. The van der Waals surface area contributed by atoms with E-state index < -0.39 is 52.3 Å². The van der Waals surface area contributed by atoms with E-state index in [1.165, 1.54) is 0 Å². The maximum Gasteiger partial charge on any atom is 0.393 e. The summed E-state index contributed by atoms with van der Waals surface area (Å²) in [7, 11) is 0. The summed E-state index contributed by atoms with van der Waals surface area (Å²) in [6.45, 7) is 3.50. The fraction of sp³-hybridized carbons (Fsp3) is 0.812. The molecule has 24 heavy (non-hydrogen) atoms. The number of halogens is 4. The van der Waals surface area contributed by atoms with Crippen molar-refractivity contribution in [3.8, 4) is 0 Å². The highest BCUT2D eigenvalue weighted by Crippen LogP contribution is 2.40. The molecule has 0 aromatic heterocycles. The summed E-state index contributed by atoms with van der Waals surface area (Å²) in [6, 6.07) is -1.15. The van der Waals surface area contributed by atoms with E-state index in [9.17, 15) is 27.6 Å². The van der Waals surface area contributed by atoms with Crippen LogP contribution in [0.25, 0.3) is 0 Å². The quantitative estimate of drug-likeness (QED) is 0.602. The van der Waals surface area contributed by atoms with Gasteiger partial charge in [-0.2, -0.15) is 13.2 Å². The molecule has 0 heterocycles. The summed E-state index contributed by atoms with van der Waals surface area (Å²) < 4.78 is 39.5. The second kappa shape index (κ2) is 6.65. The molecule has 3 atom stereocenters. The summed E-state index contributed by atoms with van der Waals surface area (Å²) in [5.41, 5.74) is -0.518. The van der Waals surface area contributed by atoms with E-state index in [4.69, 9.17) is 11.6 Å². The topological polar surface area (TPSA) is 63.2 Å². The van der Waals surface area contributed by atoms with Gasteiger partial charge in [-0.1, -0.05) is 13.8 Å². The van der Waals surface area contributed by atoms with Crippen LogP contribution < -0.4 is 5.32 Å². The molecule has 0 aromatic carbocycles. The average Bonchev–Trinajstić information content (AvgIpc) is 2.37. The smallest absolute Gasteiger partial charge is 0.352 e. The maximum absolute atomic E-state index is 13.2. The molecular formula is C16H21ClF3NO3. The zero-order valence-corrected chi connectivity index (χ0v) is 14.3. The molecule has 1 N–H and O–H groups in total. The minimum absolute atomic E-state index is 0.0634. The van der Waals surface area contributed by atoms with Crippen molar-refractivity contribution in [3.63, 3.8) is 0 Å². The highest BCUT2D eigenvalue weighted by atomic mass is 35.5. The van der Waals surface area contributed by atoms with Crippen LogP contribution in [0.1, 0.15) is 46.0 Å². The Labute approximate surface area is 143 Å². The van der Waals surface area contributed by atoms with Crippen molar-refractivity contribution in [1.29, 1.82) is 0 Å². The summed E-state index contributed by atoms with van der Waals surface area (Å²) in [5.74, 6) is -5.21. The zero-order chi connectivity index (χ0) is 18.3. The number of rotatable bonds is 2. The standard InChI is InChI=1S/C16H21ClF3NO3/c1-15(2)6-11(22)13(12(23)7-15)14(24)21-10-4-3-8(17)5-9(10)16(18,19)20/h8-10,13H,3-7H2,1-2H3,(H,21,24). The fourth-order valence-corrected chi connectivity index (χ4v) is 3.92. The summed E-state index contributed by atoms with van der Waals surface area (Å²) in [5, 5.41) is 1.70. The lowest BCUT2D eigenvalue weighted by Gasteiger charge is -2.37. The van der Waals surface area contributed by atoms with E-state index in [2.05, 4.69) is 5.32 Å². The lowest BCUT2D eigenvalue weighted by atomic mass is 9.71. The Morgan fingerprint density at radius 3 is 2.21 bits per heavy atom. The molecule has 2 rings (SSSR count). The fourth-order valence-electron chi connectivity index (χ4n) is 3.60. The number of carbonyl (C=O) groups excluding carboxylic acids is 3. The van der Waals surface area contributed by atoms with Gasteiger partial charge in [-0.05, 0) is 24.7 Å². The van der Waals surface area contributed by atoms with Crippen molar-refractivity contribution < 1.29 is 27.6 Å². The molecule has 3 unspecified atom stereocenters. The predicted molar refractivity (Wildman–Crippen MR) is 81.5 cm³/mol. The van der Waals surface area contributed by atoms with Crippen LogP contribution in [0, 0.1) is 17.3 Å². The van der Waals surface area contributed by atoms with Gasteiger partial charge in [0.05, 0.1) is 5.92 Å². The molecular weight excluding hydrogens is 347 g/mol. The first kappa shape index (κ1) is 19.2. The number of alkyl halides is 4. The second-order valence-electron chi connectivity index (χ2n) is 7.56. The van der Waals surface area contributed by atoms with Crippen LogP contribution in [-0.2, 0) is 14.4 Å². The van der Waals surface area contributed by atoms with Gasteiger partial charge in [0, 0.05) is 24.3 Å². The largest absolute Gasteiger partial charge is 0.393 e. The molecule has 0 spiro atoms. The molecule has 0 bridgehead atoms. The molecule has 8 heteroatoms. The second-order valence-corrected chi connectivity index (χ2v) is 8.17. The van der Waals surface area contributed by atoms with Gasteiger partial charge < -0.3 is 5.32 Å². The van der Waals surface area contributed by atoms with Gasteiger partial charge in [-0.3, -0.25) is 14.4 Å². The summed E-state index contributed by atoms with van der Waals surface area (Å²) >= 11 is 5.82. The number of Topliss-reactive ketones (excluding diaryl/α,β-unsaturated/α-hetero) is 2. The molecule has 2 saturated carbocycles. The first-order valence-corrected chi connectivity index (χ1v) is 8.41. The molecule has 1 amide bonds. The first-order chi connectivity index (χ1) is 10.9. The van der Waals surface area contributed by atoms with E-state index in [0.717, 1.165) is 0 Å². The summed E-state index contributed by atoms with van der Waals surface area (Å²) in [4.78, 5) is 36.5. The van der Waals surface area contributed by atoms with Gasteiger partial charge in [0.1, 0.15) is 0 Å². The van der Waals surface area contributed by atoms with Crippen molar-refractivity contribution in [2.75, 3.05) is 0 Å². The van der Waals surface area contributed by atoms with Gasteiger partial charge in [0.15, 0.2) is 17.5 Å². The number of amides is 1. The van der Waals surface area contributed by atoms with Gasteiger partial charge in [0.2, 0.25) is 5.91 Å². The van der Waals surface area contributed by atoms with Gasteiger partial charge >= 0.3 is 6.18 Å². The van der Waals surface area contributed by atoms with Crippen LogP contribution in [-0.4, -0.2) is 35.1 Å². The Bertz CT molecular complexity index is 527. The van der Waals surface area contributed by atoms with Crippen LogP contribution in [0.15, 0.2) is 0 Å². The van der Waals surface area contributed by atoms with E-state index in [-0.39, 0.29) is 25.7 Å². The van der Waals surface area contributed by atoms with Crippen molar-refractivity contribution in [3.05, 3.63) is 0 Å². The molecule has 0 aliphatic heterocycles. The minimum Gasteiger partial charge on any atom is -0.352 e. The van der Waals surface area contributed by atoms with Crippen LogP contribution in [0.2, 0.25) is 0 Å². The van der Waals surface area contributed by atoms with Crippen LogP contribution in [0.4, 0.5) is 13.2 Å². The SMILES string of the molecule is CC1(C)CC(=O)C(C(=O)NC2CCC(Cl)CC2C(F)(F)F)C(=O)C1. The first-order valence-electron chi connectivity index (χ1n) is 7.97. The van der Waals surface area contributed by atoms with Crippen LogP contribution in [0.3, 0.4) is 0 Å². The molecule has 0 radical (unpaired) electrons. The van der Waals surface area contributed by atoms with Crippen molar-refractivity contribution in [1.82, 2.24) is 5.32 Å². The predicted octanol–water partition coefficient (Wildman–Crippen LogP) is 3.02. The Morgan fingerprint density at radius 2 is 1.71 bits per heavy atom. The molecule has 0 saturated heterocycles. The third-order valence-corrected chi connectivity index (χ3v) is 5.14. The third kappa shape index (κ3) is 4.29. The average molecular weight is 368 g/mol. The Hall–Kier alpha value is -1.11. The van der Waals surface area contributed by atoms with Gasteiger partial charge in [-0.25, -0.2) is 0 Å². The molecule has 136 valence electrons. The lowest BCUT2D eigenvalue weighted by Crippen LogP contribution is -2.54.